The molecule has 0 aromatic heterocycles. The summed E-state index contributed by atoms with van der Waals surface area (Å²) in [5.74, 6) is 0. The molecule has 0 spiro atoms. The van der Waals surface area contributed by atoms with Gasteiger partial charge in [-0.05, 0) is 42.5 Å². The van der Waals surface area contributed by atoms with Gasteiger partial charge in [0.1, 0.15) is 0 Å². The van der Waals surface area contributed by atoms with Gasteiger partial charge < -0.3 is 5.11 Å². The molecule has 1 nitrogen and oxygen atoms in total. The lowest BCUT2D eigenvalue weighted by Crippen LogP contribution is -1.99. The maximum atomic E-state index is 9.20. The molecule has 0 aliphatic carbocycles. The van der Waals surface area contributed by atoms with Crippen LogP contribution in [0.1, 0.15) is 25.3 Å². The Hall–Kier alpha value is -1.34. The minimum absolute atomic E-state index is 0.180. The summed E-state index contributed by atoms with van der Waals surface area (Å²) in [4.78, 5) is 0. The van der Waals surface area contributed by atoms with Crippen molar-refractivity contribution in [3.8, 4) is 0 Å². The van der Waals surface area contributed by atoms with Crippen LogP contribution in [-0.4, -0.2) is 11.2 Å². The number of aliphatic hydroxyl groups is 1. The molecule has 1 unspecified atom stereocenters. The summed E-state index contributed by atoms with van der Waals surface area (Å²) in [6.45, 7) is 1.85. The van der Waals surface area contributed by atoms with E-state index < -0.39 is 0 Å². The molecule has 2 aromatic carbocycles. The Balaban J connectivity index is 2.08. The lowest BCUT2D eigenvalue weighted by Gasteiger charge is -2.05. The Morgan fingerprint density at radius 1 is 1.06 bits per heavy atom. The van der Waals surface area contributed by atoms with Gasteiger partial charge in [-0.25, -0.2) is 0 Å². The number of fused-ring (bicyclic) bond motifs is 1. The van der Waals surface area contributed by atoms with Crippen molar-refractivity contribution < 1.29 is 5.11 Å². The van der Waals surface area contributed by atoms with Crippen LogP contribution in [0.2, 0.25) is 0 Å². The van der Waals surface area contributed by atoms with E-state index in [1.807, 2.05) is 6.92 Å². The van der Waals surface area contributed by atoms with Crippen molar-refractivity contribution in [3.05, 3.63) is 48.0 Å². The van der Waals surface area contributed by atoms with Gasteiger partial charge >= 0.3 is 0 Å². The highest BCUT2D eigenvalue weighted by Crippen LogP contribution is 2.17. The van der Waals surface area contributed by atoms with Gasteiger partial charge in [0, 0.05) is 0 Å². The predicted molar refractivity (Wildman–Crippen MR) is 68.6 cm³/mol. The van der Waals surface area contributed by atoms with Gasteiger partial charge in [0.15, 0.2) is 0 Å². The molecule has 0 heterocycles. The summed E-state index contributed by atoms with van der Waals surface area (Å²) in [7, 11) is 0. The van der Waals surface area contributed by atoms with Crippen LogP contribution < -0.4 is 0 Å². The third-order valence-corrected chi connectivity index (χ3v) is 2.90. The number of aliphatic hydroxyl groups excluding tert-OH is 1. The molecule has 0 bridgehead atoms. The zero-order valence-electron chi connectivity index (χ0n) is 9.69. The van der Waals surface area contributed by atoms with Crippen LogP contribution in [0.15, 0.2) is 42.5 Å². The van der Waals surface area contributed by atoms with E-state index in [1.54, 1.807) is 0 Å². The smallest absolute Gasteiger partial charge is 0.0512 e. The quantitative estimate of drug-likeness (QED) is 0.825. The number of hydrogen-bond donors (Lipinski definition) is 1. The highest BCUT2D eigenvalue weighted by Gasteiger charge is 1.98. The summed E-state index contributed by atoms with van der Waals surface area (Å²) in [5.41, 5.74) is 1.36. The molecule has 1 atom stereocenters. The Kier molecular flexibility index (Phi) is 3.58. The zero-order valence-corrected chi connectivity index (χ0v) is 9.69. The van der Waals surface area contributed by atoms with E-state index in [0.717, 1.165) is 19.3 Å². The molecule has 84 valence electrons. The predicted octanol–water partition coefficient (Wildman–Crippen LogP) is 3.54. The molecule has 0 aliphatic heterocycles. The first-order chi connectivity index (χ1) is 7.75. The van der Waals surface area contributed by atoms with E-state index in [9.17, 15) is 5.11 Å². The molecule has 1 heteroatoms. The van der Waals surface area contributed by atoms with Crippen LogP contribution in [-0.2, 0) is 6.42 Å². The molecule has 16 heavy (non-hydrogen) atoms. The van der Waals surface area contributed by atoms with Crippen LogP contribution in [0.4, 0.5) is 0 Å². The van der Waals surface area contributed by atoms with E-state index in [0.29, 0.717) is 0 Å². The number of hydrogen-bond acceptors (Lipinski definition) is 1. The van der Waals surface area contributed by atoms with Gasteiger partial charge in [0.25, 0.3) is 0 Å². The van der Waals surface area contributed by atoms with Crippen LogP contribution in [0.3, 0.4) is 0 Å². The van der Waals surface area contributed by atoms with Gasteiger partial charge in [0.05, 0.1) is 6.10 Å². The first kappa shape index (κ1) is 11.2. The van der Waals surface area contributed by atoms with E-state index in [-0.39, 0.29) is 6.10 Å². The van der Waals surface area contributed by atoms with Gasteiger partial charge in [0.2, 0.25) is 0 Å². The first-order valence-corrected chi connectivity index (χ1v) is 5.91. The maximum Gasteiger partial charge on any atom is 0.0512 e. The Morgan fingerprint density at radius 2 is 1.81 bits per heavy atom. The second-order valence-electron chi connectivity index (χ2n) is 4.42. The number of benzene rings is 2. The molecular formula is C15H18O. The summed E-state index contributed by atoms with van der Waals surface area (Å²) in [6.07, 6.45) is 2.80. The van der Waals surface area contributed by atoms with Crippen LogP contribution in [0.5, 0.6) is 0 Å². The molecule has 1 N–H and O–H groups in total. The summed E-state index contributed by atoms with van der Waals surface area (Å²) in [6, 6.07) is 15.0. The summed E-state index contributed by atoms with van der Waals surface area (Å²) >= 11 is 0. The second-order valence-corrected chi connectivity index (χ2v) is 4.42. The van der Waals surface area contributed by atoms with Crippen molar-refractivity contribution in [1.29, 1.82) is 0 Å². The Bertz CT molecular complexity index is 460. The number of rotatable bonds is 4. The van der Waals surface area contributed by atoms with Crippen molar-refractivity contribution in [2.24, 2.45) is 0 Å². The average Bonchev–Trinajstić information content (AvgIpc) is 2.28. The molecule has 0 radical (unpaired) electrons. The fraction of sp³-hybridized carbons (Fsp3) is 0.333. The highest BCUT2D eigenvalue weighted by molar-refractivity contribution is 5.82. The third kappa shape index (κ3) is 2.83. The van der Waals surface area contributed by atoms with E-state index in [4.69, 9.17) is 0 Å². The molecule has 2 aromatic rings. The molecule has 0 amide bonds. The normalized spacial score (nSPS) is 12.9. The topological polar surface area (TPSA) is 20.2 Å². The van der Waals surface area contributed by atoms with Gasteiger partial charge in [-0.2, -0.15) is 0 Å². The van der Waals surface area contributed by atoms with Crippen molar-refractivity contribution in [2.75, 3.05) is 0 Å². The van der Waals surface area contributed by atoms with Crippen molar-refractivity contribution in [1.82, 2.24) is 0 Å². The Morgan fingerprint density at radius 3 is 2.56 bits per heavy atom. The van der Waals surface area contributed by atoms with Gasteiger partial charge in [-0.1, -0.05) is 42.5 Å². The molecule has 2 rings (SSSR count). The summed E-state index contributed by atoms with van der Waals surface area (Å²) < 4.78 is 0. The Labute approximate surface area is 96.7 Å². The molecule has 0 fully saturated rings. The lowest BCUT2D eigenvalue weighted by atomic mass is 10.0. The standard InChI is InChI=1S/C15H18O/c1-12(16)5-4-6-13-9-10-14-7-2-3-8-15(14)11-13/h2-3,7-12,16H,4-6H2,1H3. The minimum atomic E-state index is -0.180. The van der Waals surface area contributed by atoms with Crippen LogP contribution in [0, 0.1) is 0 Å². The minimum Gasteiger partial charge on any atom is -0.393 e. The van der Waals surface area contributed by atoms with Gasteiger partial charge in [-0.15, -0.1) is 0 Å². The zero-order chi connectivity index (χ0) is 11.4. The maximum absolute atomic E-state index is 9.20. The average molecular weight is 214 g/mol. The molecule has 0 aliphatic rings. The van der Waals surface area contributed by atoms with Gasteiger partial charge in [-0.3, -0.25) is 0 Å². The first-order valence-electron chi connectivity index (χ1n) is 5.91. The molecular weight excluding hydrogens is 196 g/mol. The highest BCUT2D eigenvalue weighted by atomic mass is 16.3. The molecule has 0 saturated carbocycles. The largest absolute Gasteiger partial charge is 0.393 e. The van der Waals surface area contributed by atoms with Crippen LogP contribution >= 0.6 is 0 Å². The van der Waals surface area contributed by atoms with Crippen molar-refractivity contribution in [2.45, 2.75) is 32.3 Å². The van der Waals surface area contributed by atoms with E-state index in [1.165, 1.54) is 16.3 Å². The number of aryl methyl sites for hydroxylation is 1. The van der Waals surface area contributed by atoms with E-state index >= 15 is 0 Å². The fourth-order valence-electron chi connectivity index (χ4n) is 2.00. The fourth-order valence-corrected chi connectivity index (χ4v) is 2.00. The third-order valence-electron chi connectivity index (χ3n) is 2.90. The molecule has 0 saturated heterocycles. The second kappa shape index (κ2) is 5.13. The summed E-state index contributed by atoms with van der Waals surface area (Å²) in [5, 5.41) is 11.8. The SMILES string of the molecule is CC(O)CCCc1ccc2ccccc2c1. The van der Waals surface area contributed by atoms with Crippen molar-refractivity contribution in [3.63, 3.8) is 0 Å². The lowest BCUT2D eigenvalue weighted by molar-refractivity contribution is 0.182. The van der Waals surface area contributed by atoms with E-state index in [2.05, 4.69) is 42.5 Å². The van der Waals surface area contributed by atoms with Crippen molar-refractivity contribution >= 4 is 10.8 Å². The monoisotopic (exact) mass is 214 g/mol. The van der Waals surface area contributed by atoms with Crippen LogP contribution in [0.25, 0.3) is 10.8 Å².